The van der Waals surface area contributed by atoms with Crippen molar-refractivity contribution in [2.45, 2.75) is 32.9 Å². The molecule has 0 aromatic heterocycles. The smallest absolute Gasteiger partial charge is 0.191 e. The quantitative estimate of drug-likeness (QED) is 0.281. The van der Waals surface area contributed by atoms with E-state index >= 15 is 0 Å². The highest BCUT2D eigenvalue weighted by Gasteiger charge is 2.23. The number of aliphatic imine (C=N–C) groups is 1. The zero-order valence-electron chi connectivity index (χ0n) is 13.7. The molecule has 1 heterocycles. The molecule has 1 aliphatic rings. The zero-order chi connectivity index (χ0) is 14.8. The maximum absolute atomic E-state index is 5.47. The maximum atomic E-state index is 5.47. The molecule has 0 aromatic rings. The summed E-state index contributed by atoms with van der Waals surface area (Å²) in [7, 11) is 1.79. The Morgan fingerprint density at radius 2 is 2.24 bits per heavy atom. The number of morpholine rings is 1. The molecule has 0 amide bonds. The lowest BCUT2D eigenvalue weighted by Crippen LogP contribution is -2.53. The average molecular weight is 414 g/mol. The second-order valence-electron chi connectivity index (χ2n) is 5.09. The molecule has 0 aromatic carbocycles. The first-order valence-electron chi connectivity index (χ1n) is 7.54. The first kappa shape index (κ1) is 20.9. The van der Waals surface area contributed by atoms with Gasteiger partial charge in [-0.25, -0.2) is 0 Å². The van der Waals surface area contributed by atoms with Gasteiger partial charge in [0.1, 0.15) is 0 Å². The topological polar surface area (TPSA) is 58.1 Å². The molecule has 2 atom stereocenters. The van der Waals surface area contributed by atoms with Crippen molar-refractivity contribution in [3.63, 3.8) is 0 Å². The van der Waals surface area contributed by atoms with Gasteiger partial charge in [-0.15, -0.1) is 24.0 Å². The Morgan fingerprint density at radius 1 is 1.48 bits per heavy atom. The van der Waals surface area contributed by atoms with Crippen molar-refractivity contribution in [2.75, 3.05) is 53.1 Å². The Labute approximate surface area is 146 Å². The summed E-state index contributed by atoms with van der Waals surface area (Å²) >= 11 is 0. The van der Waals surface area contributed by atoms with Crippen molar-refractivity contribution in [3.8, 4) is 0 Å². The van der Waals surface area contributed by atoms with Crippen LogP contribution in [0.2, 0.25) is 0 Å². The Kier molecular flexibility index (Phi) is 12.4. The molecule has 1 saturated heterocycles. The molecule has 0 saturated carbocycles. The second kappa shape index (κ2) is 12.4. The van der Waals surface area contributed by atoms with Crippen LogP contribution in [0.1, 0.15) is 20.8 Å². The maximum Gasteiger partial charge on any atom is 0.191 e. The molecule has 21 heavy (non-hydrogen) atoms. The average Bonchev–Trinajstić information content (AvgIpc) is 2.46. The molecule has 0 bridgehead atoms. The highest BCUT2D eigenvalue weighted by Crippen LogP contribution is 2.09. The van der Waals surface area contributed by atoms with E-state index in [0.29, 0.717) is 18.7 Å². The van der Waals surface area contributed by atoms with E-state index in [-0.39, 0.29) is 24.0 Å². The number of hydrogen-bond acceptors (Lipinski definition) is 4. The molecule has 0 spiro atoms. The summed E-state index contributed by atoms with van der Waals surface area (Å²) in [6, 6.07) is 0.938. The third-order valence-corrected chi connectivity index (χ3v) is 3.52. The van der Waals surface area contributed by atoms with Crippen molar-refractivity contribution in [1.29, 1.82) is 0 Å². The van der Waals surface area contributed by atoms with Crippen molar-refractivity contribution in [3.05, 3.63) is 0 Å². The number of ether oxygens (including phenoxy) is 2. The van der Waals surface area contributed by atoms with Gasteiger partial charge in [0.2, 0.25) is 0 Å². The molecule has 0 radical (unpaired) electrons. The number of nitrogens with zero attached hydrogens (tertiary/aromatic N) is 2. The molecular weight excluding hydrogens is 383 g/mol. The van der Waals surface area contributed by atoms with Gasteiger partial charge in [0.25, 0.3) is 0 Å². The summed E-state index contributed by atoms with van der Waals surface area (Å²) in [6.07, 6.45) is 0. The van der Waals surface area contributed by atoms with Crippen LogP contribution in [-0.2, 0) is 9.47 Å². The lowest BCUT2D eigenvalue weighted by molar-refractivity contribution is -0.0174. The standard InChI is InChI=1S/C14H30N4O2.HI/c1-5-19-8-6-16-14(15-4)17-10-12(2)18-7-9-20-11-13(18)3;/h12-13H,5-11H2,1-4H3,(H2,15,16,17);1H. The van der Waals surface area contributed by atoms with Crippen molar-refractivity contribution in [2.24, 2.45) is 4.99 Å². The highest BCUT2D eigenvalue weighted by atomic mass is 127. The number of rotatable bonds is 7. The first-order chi connectivity index (χ1) is 9.69. The lowest BCUT2D eigenvalue weighted by atomic mass is 10.2. The second-order valence-corrected chi connectivity index (χ2v) is 5.09. The number of nitrogens with one attached hydrogen (secondary N) is 2. The van der Waals surface area contributed by atoms with Crippen LogP contribution < -0.4 is 10.6 Å². The van der Waals surface area contributed by atoms with Crippen LogP contribution >= 0.6 is 24.0 Å². The van der Waals surface area contributed by atoms with Crippen molar-refractivity contribution >= 4 is 29.9 Å². The van der Waals surface area contributed by atoms with Crippen LogP contribution in [0.5, 0.6) is 0 Å². The van der Waals surface area contributed by atoms with Gasteiger partial charge in [-0.05, 0) is 20.8 Å². The predicted octanol–water partition coefficient (Wildman–Crippen LogP) is 0.915. The van der Waals surface area contributed by atoms with E-state index in [4.69, 9.17) is 9.47 Å². The summed E-state index contributed by atoms with van der Waals surface area (Å²) in [5.74, 6) is 0.831. The first-order valence-corrected chi connectivity index (χ1v) is 7.54. The number of halogens is 1. The summed E-state index contributed by atoms with van der Waals surface area (Å²) < 4.78 is 10.8. The fraction of sp³-hybridized carbons (Fsp3) is 0.929. The Hall–Kier alpha value is -0.120. The van der Waals surface area contributed by atoms with Gasteiger partial charge in [-0.2, -0.15) is 0 Å². The predicted molar refractivity (Wildman–Crippen MR) is 97.7 cm³/mol. The zero-order valence-corrected chi connectivity index (χ0v) is 16.1. The largest absolute Gasteiger partial charge is 0.380 e. The lowest BCUT2D eigenvalue weighted by Gasteiger charge is -2.38. The molecule has 0 aliphatic carbocycles. The number of guanidine groups is 1. The van der Waals surface area contributed by atoms with Gasteiger partial charge < -0.3 is 20.1 Å². The summed E-state index contributed by atoms with van der Waals surface area (Å²) in [6.45, 7) is 12.2. The minimum Gasteiger partial charge on any atom is -0.380 e. The van der Waals surface area contributed by atoms with Crippen LogP contribution in [0.3, 0.4) is 0 Å². The molecule has 2 N–H and O–H groups in total. The fourth-order valence-corrected chi connectivity index (χ4v) is 2.36. The van der Waals surface area contributed by atoms with Gasteiger partial charge in [-0.1, -0.05) is 0 Å². The third-order valence-electron chi connectivity index (χ3n) is 3.52. The SMILES string of the molecule is CCOCCNC(=NC)NCC(C)N1CCOCC1C.I. The van der Waals surface area contributed by atoms with Gasteiger partial charge in [0.15, 0.2) is 5.96 Å². The van der Waals surface area contributed by atoms with E-state index < -0.39 is 0 Å². The van der Waals surface area contributed by atoms with E-state index in [9.17, 15) is 0 Å². The molecule has 126 valence electrons. The molecule has 2 unspecified atom stereocenters. The minimum atomic E-state index is 0. The molecule has 6 nitrogen and oxygen atoms in total. The Balaban J connectivity index is 0.00000400. The van der Waals surface area contributed by atoms with E-state index in [1.165, 1.54) is 0 Å². The summed E-state index contributed by atoms with van der Waals surface area (Å²) in [5, 5.41) is 6.61. The van der Waals surface area contributed by atoms with Crippen LogP contribution in [0.25, 0.3) is 0 Å². The van der Waals surface area contributed by atoms with E-state index in [0.717, 1.165) is 45.4 Å². The van der Waals surface area contributed by atoms with Crippen LogP contribution in [-0.4, -0.2) is 76.1 Å². The van der Waals surface area contributed by atoms with Crippen LogP contribution in [0, 0.1) is 0 Å². The van der Waals surface area contributed by atoms with Gasteiger partial charge in [0, 0.05) is 45.4 Å². The van der Waals surface area contributed by atoms with Gasteiger partial charge >= 0.3 is 0 Å². The minimum absolute atomic E-state index is 0. The van der Waals surface area contributed by atoms with Gasteiger partial charge in [-0.3, -0.25) is 9.89 Å². The van der Waals surface area contributed by atoms with E-state index in [2.05, 4.69) is 34.4 Å². The fourth-order valence-electron chi connectivity index (χ4n) is 2.36. The van der Waals surface area contributed by atoms with E-state index in [1.54, 1.807) is 7.05 Å². The summed E-state index contributed by atoms with van der Waals surface area (Å²) in [5.41, 5.74) is 0. The highest BCUT2D eigenvalue weighted by molar-refractivity contribution is 14.0. The molecule has 1 aliphatic heterocycles. The van der Waals surface area contributed by atoms with Gasteiger partial charge in [0.05, 0.1) is 19.8 Å². The third kappa shape index (κ3) is 8.18. The van der Waals surface area contributed by atoms with Crippen molar-refractivity contribution < 1.29 is 9.47 Å². The number of hydrogen-bond donors (Lipinski definition) is 2. The monoisotopic (exact) mass is 414 g/mol. The summed E-state index contributed by atoms with van der Waals surface area (Å²) in [4.78, 5) is 6.69. The molecular formula is C14H31IN4O2. The molecule has 1 rings (SSSR count). The Bertz CT molecular complexity index is 292. The normalized spacial score (nSPS) is 21.5. The van der Waals surface area contributed by atoms with Crippen LogP contribution in [0.4, 0.5) is 0 Å². The molecule has 7 heteroatoms. The van der Waals surface area contributed by atoms with E-state index in [1.807, 2.05) is 6.92 Å². The Morgan fingerprint density at radius 3 is 2.86 bits per heavy atom. The molecule has 1 fully saturated rings. The van der Waals surface area contributed by atoms with Crippen LogP contribution in [0.15, 0.2) is 4.99 Å². The van der Waals surface area contributed by atoms with Crippen molar-refractivity contribution in [1.82, 2.24) is 15.5 Å².